The van der Waals surface area contributed by atoms with Gasteiger partial charge in [0.05, 0.1) is 11.0 Å². The van der Waals surface area contributed by atoms with Crippen molar-refractivity contribution in [1.29, 1.82) is 0 Å². The average molecular weight is 378 g/mol. The molecule has 0 aliphatic rings. The standard InChI is InChI=1S/C24H31N3O/c1-3-4-5-6-11-18-27-22-15-10-9-14-21(22)26-23(27)16-17-25-24(28)20-13-8-7-12-19(20)2/h7-10,12-15H,3-6,11,16-18H2,1-2H3,(H,25,28). The SMILES string of the molecule is CCCCCCCn1c(CCNC(=O)c2ccccc2C)nc2ccccc21. The summed E-state index contributed by atoms with van der Waals surface area (Å²) in [6.45, 7) is 5.79. The number of unbranched alkanes of at least 4 members (excludes halogenated alkanes) is 4. The van der Waals surface area contributed by atoms with Crippen LogP contribution in [0.2, 0.25) is 0 Å². The molecule has 0 aliphatic heterocycles. The van der Waals surface area contributed by atoms with E-state index in [4.69, 9.17) is 4.98 Å². The predicted octanol–water partition coefficient (Wildman–Crippen LogP) is 5.29. The van der Waals surface area contributed by atoms with Gasteiger partial charge in [0.1, 0.15) is 5.82 Å². The number of imidazole rings is 1. The molecule has 1 aromatic heterocycles. The topological polar surface area (TPSA) is 46.9 Å². The summed E-state index contributed by atoms with van der Waals surface area (Å²) in [7, 11) is 0. The van der Waals surface area contributed by atoms with E-state index in [1.165, 1.54) is 37.6 Å². The Kier molecular flexibility index (Phi) is 7.24. The second-order valence-corrected chi connectivity index (χ2v) is 7.40. The van der Waals surface area contributed by atoms with Gasteiger partial charge in [-0.15, -0.1) is 0 Å². The zero-order valence-corrected chi connectivity index (χ0v) is 17.1. The van der Waals surface area contributed by atoms with Crippen molar-refractivity contribution < 1.29 is 4.79 Å². The molecule has 1 heterocycles. The average Bonchev–Trinajstić information content (AvgIpc) is 3.05. The quantitative estimate of drug-likeness (QED) is 0.488. The number of nitrogens with one attached hydrogen (secondary N) is 1. The van der Waals surface area contributed by atoms with Gasteiger partial charge >= 0.3 is 0 Å². The molecule has 28 heavy (non-hydrogen) atoms. The van der Waals surface area contributed by atoms with Crippen molar-refractivity contribution in [2.75, 3.05) is 6.54 Å². The van der Waals surface area contributed by atoms with Crippen molar-refractivity contribution in [3.63, 3.8) is 0 Å². The molecule has 0 bridgehead atoms. The Bertz CT molecular complexity index is 913. The molecule has 3 rings (SSSR count). The molecular weight excluding hydrogens is 346 g/mol. The van der Waals surface area contributed by atoms with Crippen LogP contribution >= 0.6 is 0 Å². The Hall–Kier alpha value is -2.62. The predicted molar refractivity (Wildman–Crippen MR) is 116 cm³/mol. The third kappa shape index (κ3) is 5.00. The van der Waals surface area contributed by atoms with E-state index in [-0.39, 0.29) is 5.91 Å². The summed E-state index contributed by atoms with van der Waals surface area (Å²) in [5.74, 6) is 1.04. The lowest BCUT2D eigenvalue weighted by molar-refractivity contribution is 0.0953. The van der Waals surface area contributed by atoms with E-state index in [2.05, 4.69) is 35.0 Å². The van der Waals surface area contributed by atoms with Gasteiger partial charge in [-0.3, -0.25) is 4.79 Å². The first-order valence-corrected chi connectivity index (χ1v) is 10.5. The smallest absolute Gasteiger partial charge is 0.251 e. The Balaban J connectivity index is 1.64. The number of aryl methyl sites for hydroxylation is 2. The molecule has 0 atom stereocenters. The molecule has 148 valence electrons. The van der Waals surface area contributed by atoms with Gasteiger partial charge in [-0.1, -0.05) is 62.9 Å². The molecule has 1 N–H and O–H groups in total. The van der Waals surface area contributed by atoms with Crippen molar-refractivity contribution in [2.24, 2.45) is 0 Å². The van der Waals surface area contributed by atoms with Crippen LogP contribution in [0.25, 0.3) is 11.0 Å². The molecule has 0 saturated carbocycles. The van der Waals surface area contributed by atoms with E-state index < -0.39 is 0 Å². The van der Waals surface area contributed by atoms with E-state index in [1.807, 2.05) is 37.3 Å². The maximum Gasteiger partial charge on any atom is 0.251 e. The normalized spacial score (nSPS) is 11.1. The maximum atomic E-state index is 12.4. The summed E-state index contributed by atoms with van der Waals surface area (Å²) in [6, 6.07) is 16.0. The molecule has 1 amide bonds. The molecule has 0 unspecified atom stereocenters. The lowest BCUT2D eigenvalue weighted by atomic mass is 10.1. The van der Waals surface area contributed by atoms with Gasteiger partial charge in [0.15, 0.2) is 0 Å². The molecule has 0 saturated heterocycles. The Labute approximate surface area is 168 Å². The molecule has 0 aliphatic carbocycles. The van der Waals surface area contributed by atoms with Crippen molar-refractivity contribution in [2.45, 2.75) is 58.9 Å². The molecule has 2 aromatic carbocycles. The van der Waals surface area contributed by atoms with Crippen LogP contribution in [-0.4, -0.2) is 22.0 Å². The summed E-state index contributed by atoms with van der Waals surface area (Å²) in [5.41, 5.74) is 3.97. The van der Waals surface area contributed by atoms with E-state index in [0.717, 1.165) is 35.4 Å². The summed E-state index contributed by atoms with van der Waals surface area (Å²) in [5, 5.41) is 3.05. The molecule has 0 spiro atoms. The zero-order valence-electron chi connectivity index (χ0n) is 17.1. The van der Waals surface area contributed by atoms with Gasteiger partial charge in [-0.25, -0.2) is 4.98 Å². The van der Waals surface area contributed by atoms with Gasteiger partial charge in [-0.05, 0) is 37.1 Å². The van der Waals surface area contributed by atoms with Crippen LogP contribution in [0, 0.1) is 6.92 Å². The summed E-state index contributed by atoms with van der Waals surface area (Å²) in [6.07, 6.45) is 7.03. The zero-order chi connectivity index (χ0) is 19.8. The van der Waals surface area contributed by atoms with Crippen LogP contribution < -0.4 is 5.32 Å². The molecular formula is C24H31N3O. The highest BCUT2D eigenvalue weighted by Gasteiger charge is 2.12. The van der Waals surface area contributed by atoms with Crippen LogP contribution in [-0.2, 0) is 13.0 Å². The van der Waals surface area contributed by atoms with E-state index >= 15 is 0 Å². The number of rotatable bonds is 10. The third-order valence-electron chi connectivity index (χ3n) is 5.24. The highest BCUT2D eigenvalue weighted by Crippen LogP contribution is 2.18. The largest absolute Gasteiger partial charge is 0.352 e. The van der Waals surface area contributed by atoms with Crippen molar-refractivity contribution >= 4 is 16.9 Å². The first-order chi connectivity index (χ1) is 13.7. The summed E-state index contributed by atoms with van der Waals surface area (Å²) in [4.78, 5) is 17.3. The number of benzene rings is 2. The first kappa shape index (κ1) is 20.1. The van der Waals surface area contributed by atoms with Crippen molar-refractivity contribution in [1.82, 2.24) is 14.9 Å². The highest BCUT2D eigenvalue weighted by molar-refractivity contribution is 5.95. The fourth-order valence-electron chi connectivity index (χ4n) is 3.65. The lowest BCUT2D eigenvalue weighted by Gasteiger charge is -2.11. The Morgan fingerprint density at radius 1 is 1.00 bits per heavy atom. The fourth-order valence-corrected chi connectivity index (χ4v) is 3.65. The first-order valence-electron chi connectivity index (χ1n) is 10.5. The van der Waals surface area contributed by atoms with E-state index in [9.17, 15) is 4.79 Å². The van der Waals surface area contributed by atoms with Gasteiger partial charge in [-0.2, -0.15) is 0 Å². The summed E-state index contributed by atoms with van der Waals surface area (Å²) >= 11 is 0. The molecule has 3 aromatic rings. The number of fused-ring (bicyclic) bond motifs is 1. The van der Waals surface area contributed by atoms with Gasteiger partial charge in [0, 0.05) is 25.1 Å². The summed E-state index contributed by atoms with van der Waals surface area (Å²) < 4.78 is 2.33. The minimum atomic E-state index is -0.0136. The minimum absolute atomic E-state index is 0.0136. The molecule has 4 nitrogen and oxygen atoms in total. The van der Waals surface area contributed by atoms with Crippen molar-refractivity contribution in [3.8, 4) is 0 Å². The van der Waals surface area contributed by atoms with Gasteiger partial charge in [0.25, 0.3) is 5.91 Å². The van der Waals surface area contributed by atoms with Crippen molar-refractivity contribution in [3.05, 3.63) is 65.5 Å². The third-order valence-corrected chi connectivity index (χ3v) is 5.24. The molecule has 0 radical (unpaired) electrons. The maximum absolute atomic E-state index is 12.4. The van der Waals surface area contributed by atoms with Gasteiger partial charge in [0.2, 0.25) is 0 Å². The minimum Gasteiger partial charge on any atom is -0.352 e. The fraction of sp³-hybridized carbons (Fsp3) is 0.417. The van der Waals surface area contributed by atoms with E-state index in [1.54, 1.807) is 0 Å². The number of hydrogen-bond acceptors (Lipinski definition) is 2. The molecule has 0 fully saturated rings. The number of para-hydroxylation sites is 2. The Morgan fingerprint density at radius 2 is 1.75 bits per heavy atom. The van der Waals surface area contributed by atoms with Crippen LogP contribution in [0.15, 0.2) is 48.5 Å². The van der Waals surface area contributed by atoms with Crippen LogP contribution in [0.5, 0.6) is 0 Å². The number of amides is 1. The second-order valence-electron chi connectivity index (χ2n) is 7.40. The number of hydrogen-bond donors (Lipinski definition) is 1. The monoisotopic (exact) mass is 377 g/mol. The molecule has 4 heteroatoms. The number of aromatic nitrogens is 2. The second kappa shape index (κ2) is 10.1. The number of carbonyl (C=O) groups is 1. The van der Waals surface area contributed by atoms with Gasteiger partial charge < -0.3 is 9.88 Å². The van der Waals surface area contributed by atoms with Crippen LogP contribution in [0.4, 0.5) is 0 Å². The lowest BCUT2D eigenvalue weighted by Crippen LogP contribution is -2.27. The Morgan fingerprint density at radius 3 is 2.57 bits per heavy atom. The number of nitrogens with zero attached hydrogens (tertiary/aromatic N) is 2. The van der Waals surface area contributed by atoms with E-state index in [0.29, 0.717) is 6.54 Å². The number of carbonyl (C=O) groups excluding carboxylic acids is 1. The van der Waals surface area contributed by atoms with Crippen LogP contribution in [0.1, 0.15) is 60.8 Å². The van der Waals surface area contributed by atoms with Crippen LogP contribution in [0.3, 0.4) is 0 Å². The highest BCUT2D eigenvalue weighted by atomic mass is 16.1.